The smallest absolute Gasteiger partial charge is 0.135 e. The van der Waals surface area contributed by atoms with Crippen LogP contribution in [-0.2, 0) is 5.41 Å². The average Bonchev–Trinajstić information content (AvgIpc) is 3.68. The second-order valence-corrected chi connectivity index (χ2v) is 10.9. The second kappa shape index (κ2) is 8.44. The molecule has 1 heterocycles. The van der Waals surface area contributed by atoms with Gasteiger partial charge in [-0.15, -0.1) is 0 Å². The first-order chi connectivity index (χ1) is 26.8. The van der Waals surface area contributed by atoms with Gasteiger partial charge in [0.15, 0.2) is 0 Å². The van der Waals surface area contributed by atoms with Gasteiger partial charge in [0.05, 0.1) is 20.6 Å². The molecule has 1 heteroatoms. The van der Waals surface area contributed by atoms with Crippen LogP contribution < -0.4 is 0 Å². The summed E-state index contributed by atoms with van der Waals surface area (Å²) in [6.07, 6.45) is 0. The van der Waals surface area contributed by atoms with Crippen LogP contribution in [0.1, 0.15) is 45.5 Å². The van der Waals surface area contributed by atoms with Crippen LogP contribution in [0.5, 0.6) is 0 Å². The van der Waals surface area contributed by atoms with Gasteiger partial charge in [-0.25, -0.2) is 0 Å². The maximum absolute atomic E-state index is 9.50. The lowest BCUT2D eigenvalue weighted by Gasteiger charge is -2.22. The predicted molar refractivity (Wildman–Crippen MR) is 177 cm³/mol. The van der Waals surface area contributed by atoms with Gasteiger partial charge in [-0.05, 0) is 84.3 Å². The molecule has 0 fully saturated rings. The first-order valence-corrected chi connectivity index (χ1v) is 13.5. The van der Waals surface area contributed by atoms with Gasteiger partial charge in [-0.3, -0.25) is 0 Å². The molecule has 1 aliphatic carbocycles. The molecule has 42 heavy (non-hydrogen) atoms. The van der Waals surface area contributed by atoms with Gasteiger partial charge in [0, 0.05) is 16.2 Å². The molecule has 7 aromatic carbocycles. The SMILES string of the molecule is [2H]c1c([2H])c([2H])c2c(c1[2H])-c1c(-c3c4c([2H])c([2H])c([2H])c([2H])c4c(-c4ccc5oc6ccccc6c5c4)c4c([2H])c([2H])c([2H])c([2H])c34)c([2H])c([2H])c([2H])c1C2(C)C. The summed E-state index contributed by atoms with van der Waals surface area (Å²) in [7, 11) is 0. The van der Waals surface area contributed by atoms with Crippen molar-refractivity contribution < 1.29 is 25.0 Å². The van der Waals surface area contributed by atoms with E-state index >= 15 is 0 Å². The minimum absolute atomic E-state index is 0.0468. The summed E-state index contributed by atoms with van der Waals surface area (Å²) in [5, 5.41) is 0.642. The van der Waals surface area contributed by atoms with Crippen LogP contribution in [0.3, 0.4) is 0 Å². The highest BCUT2D eigenvalue weighted by atomic mass is 16.3. The van der Waals surface area contributed by atoms with Crippen LogP contribution in [0.4, 0.5) is 0 Å². The van der Waals surface area contributed by atoms with Gasteiger partial charge in [0.25, 0.3) is 0 Å². The molecule has 0 saturated heterocycles. The van der Waals surface area contributed by atoms with Crippen molar-refractivity contribution in [1.29, 1.82) is 0 Å². The van der Waals surface area contributed by atoms with Crippen molar-refractivity contribution in [2.24, 2.45) is 0 Å². The van der Waals surface area contributed by atoms with E-state index in [0.29, 0.717) is 22.1 Å². The summed E-state index contributed by atoms with van der Waals surface area (Å²) >= 11 is 0. The molecule has 198 valence electrons. The van der Waals surface area contributed by atoms with E-state index in [1.807, 2.05) is 18.2 Å². The summed E-state index contributed by atoms with van der Waals surface area (Å²) in [6, 6.07) is 3.75. The van der Waals surface area contributed by atoms with Crippen LogP contribution in [0.2, 0.25) is 0 Å². The molecule has 0 bridgehead atoms. The van der Waals surface area contributed by atoms with E-state index in [9.17, 15) is 6.85 Å². The van der Waals surface area contributed by atoms with E-state index in [4.69, 9.17) is 18.1 Å². The zero-order valence-electron chi connectivity index (χ0n) is 37.4. The number of furan rings is 1. The Kier molecular flexibility index (Phi) is 2.66. The molecule has 0 N–H and O–H groups in total. The number of fused-ring (bicyclic) bond motifs is 8. The fourth-order valence-electron chi connectivity index (χ4n) is 6.45. The molecule has 1 aromatic heterocycles. The van der Waals surface area contributed by atoms with E-state index in [0.717, 1.165) is 5.39 Å². The molecule has 0 saturated carbocycles. The predicted octanol–water partition coefficient (Wildman–Crippen LogP) is 11.5. The highest BCUT2D eigenvalue weighted by Crippen LogP contribution is 2.54. The van der Waals surface area contributed by atoms with Gasteiger partial charge in [-0.1, -0.05) is 129 Å². The number of hydrogen-bond donors (Lipinski definition) is 0. The van der Waals surface area contributed by atoms with Gasteiger partial charge >= 0.3 is 0 Å². The number of rotatable bonds is 2. The zero-order valence-corrected chi connectivity index (χ0v) is 22.4. The number of benzene rings is 7. The van der Waals surface area contributed by atoms with Crippen LogP contribution in [0.25, 0.3) is 76.9 Å². The Balaban J connectivity index is 1.62. The molecule has 8 aromatic rings. The first kappa shape index (κ1) is 13.2. The topological polar surface area (TPSA) is 13.1 Å². The van der Waals surface area contributed by atoms with Crippen LogP contribution in [0.15, 0.2) is 138 Å². The maximum Gasteiger partial charge on any atom is 0.135 e. The van der Waals surface area contributed by atoms with Crippen LogP contribution in [0, 0.1) is 0 Å². The van der Waals surface area contributed by atoms with Gasteiger partial charge in [0.1, 0.15) is 11.2 Å². The monoisotopic (exact) mass is 551 g/mol. The molecular weight excluding hydrogens is 508 g/mol. The van der Waals surface area contributed by atoms with Crippen molar-refractivity contribution in [2.75, 3.05) is 0 Å². The summed E-state index contributed by atoms with van der Waals surface area (Å²) in [6.45, 7) is 3.27. The minimum atomic E-state index is -1.34. The van der Waals surface area contributed by atoms with Crippen molar-refractivity contribution in [2.45, 2.75) is 19.3 Å². The van der Waals surface area contributed by atoms with Gasteiger partial charge in [-0.2, -0.15) is 0 Å². The third kappa shape index (κ3) is 3.08. The minimum Gasteiger partial charge on any atom is -0.456 e. The Morgan fingerprint density at radius 2 is 1.10 bits per heavy atom. The third-order valence-electron chi connectivity index (χ3n) is 8.35. The molecular formula is C41H28O. The first-order valence-electron chi connectivity index (χ1n) is 21.0. The second-order valence-electron chi connectivity index (χ2n) is 10.9. The van der Waals surface area contributed by atoms with Gasteiger partial charge < -0.3 is 4.42 Å². The van der Waals surface area contributed by atoms with Crippen LogP contribution in [-0.4, -0.2) is 0 Å². The van der Waals surface area contributed by atoms with E-state index in [-0.39, 0.29) is 60.5 Å². The molecule has 1 aliphatic rings. The Hall–Kier alpha value is -5.14. The lowest BCUT2D eigenvalue weighted by molar-refractivity contribution is 0.660. The molecule has 1 nitrogen and oxygen atoms in total. The third-order valence-corrected chi connectivity index (χ3v) is 8.35. The van der Waals surface area contributed by atoms with E-state index in [1.165, 1.54) is 0 Å². The standard InChI is InChI=1S/C41H28O/c1-41(2)34-19-9-7-17-31(34)40-32(18-11-20-35(40)41)39-29-15-5-3-13-27(29)38(28-14-4-6-16-30(28)39)25-22-23-37-33(24-25)26-12-8-10-21-36(26)42-37/h3-24H,1-2H3/i3D,4D,5D,6D,7D,9D,11D,13D,14D,15D,16D,17D,18D,19D,20D. The van der Waals surface area contributed by atoms with E-state index < -0.39 is 96.1 Å². The van der Waals surface area contributed by atoms with Crippen molar-refractivity contribution in [3.8, 4) is 33.4 Å². The lowest BCUT2D eigenvalue weighted by atomic mass is 9.80. The lowest BCUT2D eigenvalue weighted by Crippen LogP contribution is -2.14. The maximum atomic E-state index is 9.50. The quantitative estimate of drug-likeness (QED) is 0.195. The fraction of sp³-hybridized carbons (Fsp3) is 0.0732. The van der Waals surface area contributed by atoms with E-state index in [2.05, 4.69) is 0 Å². The molecule has 9 rings (SSSR count). The van der Waals surface area contributed by atoms with Crippen molar-refractivity contribution >= 4 is 43.5 Å². The summed E-state index contributed by atoms with van der Waals surface area (Å²) in [5.74, 6) is 0. The molecule has 0 unspecified atom stereocenters. The average molecular weight is 552 g/mol. The normalized spacial score (nSPS) is 18.7. The molecule has 0 atom stereocenters. The zero-order chi connectivity index (χ0) is 41.1. The molecule has 0 aliphatic heterocycles. The summed E-state index contributed by atoms with van der Waals surface area (Å²) < 4.78 is 142. The number of para-hydroxylation sites is 1. The molecule has 0 spiro atoms. The molecule has 0 radical (unpaired) electrons. The van der Waals surface area contributed by atoms with Crippen molar-refractivity contribution in [3.63, 3.8) is 0 Å². The van der Waals surface area contributed by atoms with E-state index in [1.54, 1.807) is 38.1 Å². The largest absolute Gasteiger partial charge is 0.456 e. The Bertz CT molecular complexity index is 3140. The Morgan fingerprint density at radius 3 is 1.86 bits per heavy atom. The van der Waals surface area contributed by atoms with Crippen molar-refractivity contribution in [3.05, 3.63) is 144 Å². The van der Waals surface area contributed by atoms with Gasteiger partial charge in [0.2, 0.25) is 0 Å². The summed E-state index contributed by atoms with van der Waals surface area (Å²) in [5.41, 5.74) is -0.301. The highest BCUT2D eigenvalue weighted by Gasteiger charge is 2.37. The Morgan fingerprint density at radius 1 is 0.500 bits per heavy atom. The highest BCUT2D eigenvalue weighted by molar-refractivity contribution is 6.23. The van der Waals surface area contributed by atoms with Crippen LogP contribution >= 0.6 is 0 Å². The fourth-order valence-corrected chi connectivity index (χ4v) is 6.45. The van der Waals surface area contributed by atoms with Crippen molar-refractivity contribution in [1.82, 2.24) is 0 Å². The Labute approximate surface area is 265 Å². The molecule has 0 amide bonds. The summed E-state index contributed by atoms with van der Waals surface area (Å²) in [4.78, 5) is 0. The number of hydrogen-bond acceptors (Lipinski definition) is 1.